The van der Waals surface area contributed by atoms with Crippen LogP contribution in [0.25, 0.3) is 0 Å². The minimum Gasteiger partial charge on any atom is -0.464 e. The first kappa shape index (κ1) is 13.2. The van der Waals surface area contributed by atoms with Gasteiger partial charge in [0.15, 0.2) is 0 Å². The Bertz CT molecular complexity index is 221. The SMILES string of the molecule is C=C(C)C(=C)CCCC(=O)OCCCl. The van der Waals surface area contributed by atoms with Gasteiger partial charge in [0.05, 0.1) is 5.88 Å². The summed E-state index contributed by atoms with van der Waals surface area (Å²) in [5.41, 5.74) is 1.97. The van der Waals surface area contributed by atoms with E-state index in [4.69, 9.17) is 16.3 Å². The zero-order valence-corrected chi connectivity index (χ0v) is 9.40. The first-order valence-electron chi connectivity index (χ1n) is 4.63. The molecule has 0 radical (unpaired) electrons. The number of halogens is 1. The van der Waals surface area contributed by atoms with Gasteiger partial charge in [0.2, 0.25) is 0 Å². The molecule has 0 aliphatic carbocycles. The predicted octanol–water partition coefficient (Wildman–Crippen LogP) is 3.07. The zero-order valence-electron chi connectivity index (χ0n) is 8.64. The van der Waals surface area contributed by atoms with E-state index in [-0.39, 0.29) is 5.97 Å². The van der Waals surface area contributed by atoms with Crippen molar-refractivity contribution in [2.24, 2.45) is 0 Å². The molecule has 0 aromatic heterocycles. The Balaban J connectivity index is 3.49. The molecule has 0 rings (SSSR count). The number of ether oxygens (including phenoxy) is 1. The van der Waals surface area contributed by atoms with E-state index < -0.39 is 0 Å². The summed E-state index contributed by atoms with van der Waals surface area (Å²) >= 11 is 5.37. The van der Waals surface area contributed by atoms with Crippen LogP contribution in [-0.2, 0) is 9.53 Å². The Morgan fingerprint density at radius 1 is 1.36 bits per heavy atom. The van der Waals surface area contributed by atoms with E-state index in [0.717, 1.165) is 24.0 Å². The van der Waals surface area contributed by atoms with E-state index in [1.165, 1.54) is 0 Å². The third-order valence-electron chi connectivity index (χ3n) is 1.80. The molecule has 0 atom stereocenters. The molecule has 0 bridgehead atoms. The van der Waals surface area contributed by atoms with Crippen LogP contribution in [0.1, 0.15) is 26.2 Å². The third-order valence-corrected chi connectivity index (χ3v) is 1.96. The molecular weight excluding hydrogens is 200 g/mol. The number of carbonyl (C=O) groups is 1. The van der Waals surface area contributed by atoms with Gasteiger partial charge in [-0.2, -0.15) is 0 Å². The second kappa shape index (κ2) is 7.63. The molecule has 0 saturated carbocycles. The van der Waals surface area contributed by atoms with Gasteiger partial charge in [-0.3, -0.25) is 4.79 Å². The second-order valence-corrected chi connectivity index (χ2v) is 3.52. The molecule has 80 valence electrons. The van der Waals surface area contributed by atoms with Crippen molar-refractivity contribution in [3.8, 4) is 0 Å². The van der Waals surface area contributed by atoms with Crippen molar-refractivity contribution < 1.29 is 9.53 Å². The van der Waals surface area contributed by atoms with E-state index in [1.807, 2.05) is 6.92 Å². The lowest BCUT2D eigenvalue weighted by Crippen LogP contribution is -2.06. The van der Waals surface area contributed by atoms with Crippen LogP contribution in [0.3, 0.4) is 0 Å². The molecule has 0 fully saturated rings. The highest BCUT2D eigenvalue weighted by atomic mass is 35.5. The van der Waals surface area contributed by atoms with Crippen LogP contribution >= 0.6 is 11.6 Å². The maximum atomic E-state index is 11.0. The number of hydrogen-bond acceptors (Lipinski definition) is 2. The standard InChI is InChI=1S/C11H17ClO2/c1-9(2)10(3)5-4-6-11(13)14-8-7-12/h1,3-8H2,2H3. The zero-order chi connectivity index (χ0) is 11.0. The largest absolute Gasteiger partial charge is 0.464 e. The van der Waals surface area contributed by atoms with Crippen molar-refractivity contribution in [3.05, 3.63) is 24.3 Å². The monoisotopic (exact) mass is 216 g/mol. The van der Waals surface area contributed by atoms with Gasteiger partial charge in [-0.15, -0.1) is 11.6 Å². The molecule has 0 unspecified atom stereocenters. The molecule has 0 heterocycles. The summed E-state index contributed by atoms with van der Waals surface area (Å²) in [6.45, 7) is 9.81. The molecule has 3 heteroatoms. The number of allylic oxidation sites excluding steroid dienone is 2. The molecule has 2 nitrogen and oxygen atoms in total. The van der Waals surface area contributed by atoms with E-state index in [1.54, 1.807) is 0 Å². The minimum absolute atomic E-state index is 0.194. The van der Waals surface area contributed by atoms with Crippen LogP contribution in [0, 0.1) is 0 Å². The fourth-order valence-electron chi connectivity index (χ4n) is 0.884. The number of esters is 1. The third kappa shape index (κ3) is 6.72. The number of carbonyl (C=O) groups excluding carboxylic acids is 1. The van der Waals surface area contributed by atoms with Gasteiger partial charge >= 0.3 is 5.97 Å². The summed E-state index contributed by atoms with van der Waals surface area (Å²) in [4.78, 5) is 11.0. The average molecular weight is 217 g/mol. The quantitative estimate of drug-likeness (QED) is 0.372. The maximum Gasteiger partial charge on any atom is 0.305 e. The number of hydrogen-bond donors (Lipinski definition) is 0. The van der Waals surface area contributed by atoms with Crippen molar-refractivity contribution in [1.82, 2.24) is 0 Å². The predicted molar refractivity (Wildman–Crippen MR) is 59.5 cm³/mol. The van der Waals surface area contributed by atoms with E-state index in [0.29, 0.717) is 18.9 Å². The summed E-state index contributed by atoms with van der Waals surface area (Å²) < 4.78 is 4.81. The minimum atomic E-state index is -0.194. The molecule has 0 aliphatic heterocycles. The average Bonchev–Trinajstić information content (AvgIpc) is 2.14. The lowest BCUT2D eigenvalue weighted by atomic mass is 10.1. The highest BCUT2D eigenvalue weighted by Crippen LogP contribution is 2.12. The lowest BCUT2D eigenvalue weighted by Gasteiger charge is -2.04. The highest BCUT2D eigenvalue weighted by Gasteiger charge is 2.02. The van der Waals surface area contributed by atoms with Gasteiger partial charge < -0.3 is 4.74 Å². The van der Waals surface area contributed by atoms with Crippen molar-refractivity contribution in [3.63, 3.8) is 0 Å². The lowest BCUT2D eigenvalue weighted by molar-refractivity contribution is -0.143. The summed E-state index contributed by atoms with van der Waals surface area (Å²) in [6.07, 6.45) is 1.97. The highest BCUT2D eigenvalue weighted by molar-refractivity contribution is 6.18. The molecule has 0 saturated heterocycles. The van der Waals surface area contributed by atoms with Crippen LogP contribution in [-0.4, -0.2) is 18.5 Å². The van der Waals surface area contributed by atoms with Crippen LogP contribution in [0.4, 0.5) is 0 Å². The molecule has 0 aromatic carbocycles. The van der Waals surface area contributed by atoms with Gasteiger partial charge in [-0.05, 0) is 19.8 Å². The molecular formula is C11H17ClO2. The first-order valence-corrected chi connectivity index (χ1v) is 5.16. The maximum absolute atomic E-state index is 11.0. The van der Waals surface area contributed by atoms with Crippen molar-refractivity contribution in [1.29, 1.82) is 0 Å². The molecule has 0 aromatic rings. The Morgan fingerprint density at radius 3 is 2.50 bits per heavy atom. The summed E-state index contributed by atoms with van der Waals surface area (Å²) in [5.74, 6) is 0.157. The Morgan fingerprint density at radius 2 is 2.00 bits per heavy atom. The molecule has 0 N–H and O–H groups in total. The van der Waals surface area contributed by atoms with E-state index >= 15 is 0 Å². The number of rotatable bonds is 7. The van der Waals surface area contributed by atoms with Gasteiger partial charge in [0.25, 0.3) is 0 Å². The van der Waals surface area contributed by atoms with Crippen molar-refractivity contribution >= 4 is 17.6 Å². The van der Waals surface area contributed by atoms with E-state index in [9.17, 15) is 4.79 Å². The van der Waals surface area contributed by atoms with Gasteiger partial charge in [0, 0.05) is 6.42 Å². The first-order chi connectivity index (χ1) is 6.57. The second-order valence-electron chi connectivity index (χ2n) is 3.15. The topological polar surface area (TPSA) is 26.3 Å². The molecule has 0 spiro atoms. The molecule has 0 aliphatic rings. The smallest absolute Gasteiger partial charge is 0.305 e. The molecule has 14 heavy (non-hydrogen) atoms. The van der Waals surface area contributed by atoms with Crippen LogP contribution < -0.4 is 0 Å². The van der Waals surface area contributed by atoms with Crippen LogP contribution in [0.15, 0.2) is 24.3 Å². The Labute approximate surface area is 90.6 Å². The van der Waals surface area contributed by atoms with Gasteiger partial charge in [0.1, 0.15) is 6.61 Å². The summed E-state index contributed by atoms with van der Waals surface area (Å²) in [7, 11) is 0. The Kier molecular flexibility index (Phi) is 7.21. The summed E-state index contributed by atoms with van der Waals surface area (Å²) in [6, 6.07) is 0. The van der Waals surface area contributed by atoms with Crippen molar-refractivity contribution in [2.45, 2.75) is 26.2 Å². The van der Waals surface area contributed by atoms with Gasteiger partial charge in [-0.25, -0.2) is 0 Å². The van der Waals surface area contributed by atoms with Gasteiger partial charge in [-0.1, -0.05) is 24.3 Å². The van der Waals surface area contributed by atoms with Crippen LogP contribution in [0.5, 0.6) is 0 Å². The number of alkyl halides is 1. The van der Waals surface area contributed by atoms with Crippen LogP contribution in [0.2, 0.25) is 0 Å². The summed E-state index contributed by atoms with van der Waals surface area (Å²) in [5, 5.41) is 0. The van der Waals surface area contributed by atoms with Crippen molar-refractivity contribution in [2.75, 3.05) is 12.5 Å². The molecule has 0 amide bonds. The normalized spacial score (nSPS) is 9.57. The Hall–Kier alpha value is -0.760. The fraction of sp³-hybridized carbons (Fsp3) is 0.545. The fourth-order valence-corrected chi connectivity index (χ4v) is 0.961. The van der Waals surface area contributed by atoms with E-state index in [2.05, 4.69) is 13.2 Å².